The van der Waals surface area contributed by atoms with E-state index in [1.54, 1.807) is 0 Å². The highest BCUT2D eigenvalue weighted by Crippen LogP contribution is 2.22. The highest BCUT2D eigenvalue weighted by Gasteiger charge is 2.29. The van der Waals surface area contributed by atoms with Gasteiger partial charge in [-0.25, -0.2) is 0 Å². The molecule has 1 saturated heterocycles. The zero-order chi connectivity index (χ0) is 12.7. The third-order valence-corrected chi connectivity index (χ3v) is 3.86. The monoisotopic (exact) mass is 241 g/mol. The molecule has 4 heteroatoms. The van der Waals surface area contributed by atoms with E-state index in [4.69, 9.17) is 10.9 Å². The van der Waals surface area contributed by atoms with Gasteiger partial charge in [0.05, 0.1) is 6.04 Å². The van der Waals surface area contributed by atoms with Crippen molar-refractivity contribution in [2.24, 2.45) is 16.8 Å². The van der Waals surface area contributed by atoms with E-state index in [2.05, 4.69) is 23.9 Å². The van der Waals surface area contributed by atoms with Crippen LogP contribution in [0, 0.1) is 5.92 Å². The summed E-state index contributed by atoms with van der Waals surface area (Å²) in [5, 5.41) is 12.0. The maximum atomic E-state index is 8.78. The molecule has 1 heterocycles. The van der Waals surface area contributed by atoms with Crippen LogP contribution in [0.2, 0.25) is 0 Å². The van der Waals surface area contributed by atoms with E-state index in [0.717, 1.165) is 31.8 Å². The number of oxime groups is 1. The van der Waals surface area contributed by atoms with Crippen LogP contribution >= 0.6 is 0 Å². The van der Waals surface area contributed by atoms with E-state index in [0.29, 0.717) is 5.84 Å². The van der Waals surface area contributed by atoms with E-state index >= 15 is 0 Å². The largest absolute Gasteiger partial charge is 0.409 e. The van der Waals surface area contributed by atoms with Crippen molar-refractivity contribution in [2.45, 2.75) is 58.4 Å². The molecule has 0 aliphatic carbocycles. The second kappa shape index (κ2) is 7.54. The van der Waals surface area contributed by atoms with Crippen molar-refractivity contribution >= 4 is 5.84 Å². The fourth-order valence-corrected chi connectivity index (χ4v) is 2.70. The second-order valence-corrected chi connectivity index (χ2v) is 5.09. The standard InChI is InChI=1S/C13H27N3O/c1-3-5-7-11(4-2)10-16-9-6-8-12(16)13(14)15-17/h11-12,17H,3-10H2,1-2H3,(H2,14,15). The highest BCUT2D eigenvalue weighted by atomic mass is 16.4. The summed E-state index contributed by atoms with van der Waals surface area (Å²) >= 11 is 0. The SMILES string of the molecule is CCCCC(CC)CN1CCCC1C(N)=NO. The van der Waals surface area contributed by atoms with Gasteiger partial charge < -0.3 is 10.9 Å². The predicted molar refractivity (Wildman–Crippen MR) is 71.3 cm³/mol. The summed E-state index contributed by atoms with van der Waals surface area (Å²) in [5.41, 5.74) is 5.74. The van der Waals surface area contributed by atoms with Gasteiger partial charge in [0.2, 0.25) is 0 Å². The Morgan fingerprint density at radius 1 is 1.53 bits per heavy atom. The Morgan fingerprint density at radius 2 is 2.29 bits per heavy atom. The van der Waals surface area contributed by atoms with Gasteiger partial charge in [0.15, 0.2) is 5.84 Å². The summed E-state index contributed by atoms with van der Waals surface area (Å²) in [4.78, 5) is 2.39. The van der Waals surface area contributed by atoms with Gasteiger partial charge in [0, 0.05) is 6.54 Å². The maximum absolute atomic E-state index is 8.78. The molecule has 0 spiro atoms. The Morgan fingerprint density at radius 3 is 2.88 bits per heavy atom. The molecule has 0 amide bonds. The van der Waals surface area contributed by atoms with Crippen LogP contribution < -0.4 is 5.73 Å². The normalized spacial score (nSPS) is 24.1. The van der Waals surface area contributed by atoms with Crippen LogP contribution in [0.4, 0.5) is 0 Å². The molecule has 4 nitrogen and oxygen atoms in total. The Labute approximate surface area is 105 Å². The lowest BCUT2D eigenvalue weighted by atomic mass is 9.98. The van der Waals surface area contributed by atoms with Gasteiger partial charge in [-0.05, 0) is 31.7 Å². The summed E-state index contributed by atoms with van der Waals surface area (Å²) in [5.74, 6) is 1.13. The molecular weight excluding hydrogens is 214 g/mol. The number of unbranched alkanes of at least 4 members (excludes halogenated alkanes) is 1. The molecule has 0 saturated carbocycles. The van der Waals surface area contributed by atoms with Gasteiger partial charge in [-0.15, -0.1) is 0 Å². The average molecular weight is 241 g/mol. The van der Waals surface area contributed by atoms with Crippen molar-refractivity contribution in [3.8, 4) is 0 Å². The van der Waals surface area contributed by atoms with E-state index in [1.807, 2.05) is 0 Å². The van der Waals surface area contributed by atoms with Crippen molar-refractivity contribution in [3.05, 3.63) is 0 Å². The molecule has 1 fully saturated rings. The summed E-state index contributed by atoms with van der Waals surface area (Å²) < 4.78 is 0. The first kappa shape index (κ1) is 14.3. The molecule has 1 aliphatic rings. The van der Waals surface area contributed by atoms with Gasteiger partial charge in [0.1, 0.15) is 0 Å². The van der Waals surface area contributed by atoms with Gasteiger partial charge in [0.25, 0.3) is 0 Å². The Hall–Kier alpha value is -0.770. The molecule has 0 bridgehead atoms. The van der Waals surface area contributed by atoms with Crippen LogP contribution in [0.3, 0.4) is 0 Å². The Kier molecular flexibility index (Phi) is 6.34. The van der Waals surface area contributed by atoms with Gasteiger partial charge in [-0.3, -0.25) is 4.90 Å². The lowest BCUT2D eigenvalue weighted by molar-refractivity contribution is 0.230. The first-order valence-electron chi connectivity index (χ1n) is 6.94. The molecule has 2 atom stereocenters. The molecule has 1 rings (SSSR count). The Balaban J connectivity index is 2.47. The molecule has 0 aromatic heterocycles. The molecule has 1 aliphatic heterocycles. The van der Waals surface area contributed by atoms with Crippen molar-refractivity contribution in [3.63, 3.8) is 0 Å². The third kappa shape index (κ3) is 4.19. The lowest BCUT2D eigenvalue weighted by Gasteiger charge is -2.27. The van der Waals surface area contributed by atoms with Gasteiger partial charge >= 0.3 is 0 Å². The van der Waals surface area contributed by atoms with Crippen LogP contribution in [-0.2, 0) is 0 Å². The van der Waals surface area contributed by atoms with Crippen LogP contribution in [0.5, 0.6) is 0 Å². The molecule has 0 radical (unpaired) electrons. The summed E-state index contributed by atoms with van der Waals surface area (Å²) in [6.07, 6.45) is 7.28. The predicted octanol–water partition coefficient (Wildman–Crippen LogP) is 2.41. The van der Waals surface area contributed by atoms with Crippen molar-refractivity contribution in [1.29, 1.82) is 0 Å². The zero-order valence-corrected chi connectivity index (χ0v) is 11.2. The van der Waals surface area contributed by atoms with E-state index in [1.165, 1.54) is 25.7 Å². The third-order valence-electron chi connectivity index (χ3n) is 3.86. The quantitative estimate of drug-likeness (QED) is 0.311. The number of rotatable bonds is 7. The molecule has 0 aromatic carbocycles. The van der Waals surface area contributed by atoms with E-state index < -0.39 is 0 Å². The molecule has 2 unspecified atom stereocenters. The van der Waals surface area contributed by atoms with Gasteiger partial charge in [-0.1, -0.05) is 38.3 Å². The summed E-state index contributed by atoms with van der Waals surface area (Å²) in [7, 11) is 0. The van der Waals surface area contributed by atoms with Crippen LogP contribution in [0.15, 0.2) is 5.16 Å². The van der Waals surface area contributed by atoms with Crippen molar-refractivity contribution in [1.82, 2.24) is 4.90 Å². The highest BCUT2D eigenvalue weighted by molar-refractivity contribution is 5.85. The van der Waals surface area contributed by atoms with Gasteiger partial charge in [-0.2, -0.15) is 0 Å². The topological polar surface area (TPSA) is 61.8 Å². The molecule has 17 heavy (non-hydrogen) atoms. The number of hydrogen-bond acceptors (Lipinski definition) is 3. The number of hydrogen-bond donors (Lipinski definition) is 2. The first-order chi connectivity index (χ1) is 8.22. The van der Waals surface area contributed by atoms with Crippen LogP contribution in [0.25, 0.3) is 0 Å². The number of nitrogens with zero attached hydrogens (tertiary/aromatic N) is 2. The fourth-order valence-electron chi connectivity index (χ4n) is 2.70. The maximum Gasteiger partial charge on any atom is 0.156 e. The van der Waals surface area contributed by atoms with Crippen molar-refractivity contribution < 1.29 is 5.21 Å². The minimum atomic E-state index is 0.163. The van der Waals surface area contributed by atoms with E-state index in [9.17, 15) is 0 Å². The molecule has 3 N–H and O–H groups in total. The van der Waals surface area contributed by atoms with Crippen LogP contribution in [-0.4, -0.2) is 35.1 Å². The number of amidine groups is 1. The summed E-state index contributed by atoms with van der Waals surface area (Å²) in [6, 6.07) is 0.163. The van der Waals surface area contributed by atoms with Crippen molar-refractivity contribution in [2.75, 3.05) is 13.1 Å². The minimum Gasteiger partial charge on any atom is -0.409 e. The number of likely N-dealkylation sites (tertiary alicyclic amines) is 1. The molecule has 100 valence electrons. The average Bonchev–Trinajstić information content (AvgIpc) is 2.81. The number of nitrogens with two attached hydrogens (primary N) is 1. The van der Waals surface area contributed by atoms with E-state index in [-0.39, 0.29) is 6.04 Å². The van der Waals surface area contributed by atoms with Crippen LogP contribution in [0.1, 0.15) is 52.4 Å². The lowest BCUT2D eigenvalue weighted by Crippen LogP contribution is -2.42. The summed E-state index contributed by atoms with van der Waals surface area (Å²) in [6.45, 7) is 6.68. The fraction of sp³-hybridized carbons (Fsp3) is 0.923. The second-order valence-electron chi connectivity index (χ2n) is 5.09. The Bertz CT molecular complexity index is 243. The zero-order valence-electron chi connectivity index (χ0n) is 11.2. The first-order valence-corrected chi connectivity index (χ1v) is 6.94. The minimum absolute atomic E-state index is 0.163. The smallest absolute Gasteiger partial charge is 0.156 e. The molecule has 0 aromatic rings. The molecular formula is C13H27N3O.